The molecule has 0 radical (unpaired) electrons. The van der Waals surface area contributed by atoms with Gasteiger partial charge in [0.05, 0.1) is 12.9 Å². The zero-order chi connectivity index (χ0) is 20.5. The molecule has 2 aromatic carbocycles. The van der Waals surface area contributed by atoms with Gasteiger partial charge in [-0.2, -0.15) is 0 Å². The molecule has 1 unspecified atom stereocenters. The third-order valence-corrected chi connectivity index (χ3v) is 5.52. The number of ether oxygens (including phenoxy) is 1. The topological polar surface area (TPSA) is 58.6 Å². The van der Waals surface area contributed by atoms with Crippen molar-refractivity contribution in [3.05, 3.63) is 59.7 Å². The number of hydrogen-bond donors (Lipinski definition) is 1. The Labute approximate surface area is 171 Å². The highest BCUT2D eigenvalue weighted by molar-refractivity contribution is 8.00. The predicted octanol–water partition coefficient (Wildman–Crippen LogP) is 3.65. The van der Waals surface area contributed by atoms with Gasteiger partial charge in [-0.05, 0) is 43.2 Å². The van der Waals surface area contributed by atoms with E-state index in [0.29, 0.717) is 13.0 Å². The van der Waals surface area contributed by atoms with Gasteiger partial charge in [0.2, 0.25) is 11.8 Å². The first-order valence-electron chi connectivity index (χ1n) is 9.32. The Morgan fingerprint density at radius 3 is 2.29 bits per heavy atom. The van der Waals surface area contributed by atoms with Crippen LogP contribution in [-0.2, 0) is 16.1 Å². The smallest absolute Gasteiger partial charge is 0.242 e. The van der Waals surface area contributed by atoms with Crippen molar-refractivity contribution < 1.29 is 14.3 Å². The van der Waals surface area contributed by atoms with E-state index in [1.165, 1.54) is 17.3 Å². The normalized spacial score (nSPS) is 11.6. The summed E-state index contributed by atoms with van der Waals surface area (Å²) in [5.41, 5.74) is 2.14. The Hall–Kier alpha value is -2.47. The first-order chi connectivity index (χ1) is 13.5. The summed E-state index contributed by atoms with van der Waals surface area (Å²) in [4.78, 5) is 28.1. The van der Waals surface area contributed by atoms with Crippen LogP contribution in [0.1, 0.15) is 24.5 Å². The molecule has 2 amide bonds. The molecule has 1 atom stereocenters. The van der Waals surface area contributed by atoms with Crippen LogP contribution in [0.2, 0.25) is 0 Å². The number of carbonyl (C=O) groups is 2. The van der Waals surface area contributed by atoms with Gasteiger partial charge in [0.1, 0.15) is 11.8 Å². The third-order valence-electron chi connectivity index (χ3n) is 4.53. The molecule has 0 aliphatic rings. The highest BCUT2D eigenvalue weighted by Crippen LogP contribution is 2.21. The Morgan fingerprint density at radius 1 is 1.11 bits per heavy atom. The van der Waals surface area contributed by atoms with E-state index in [1.54, 1.807) is 19.1 Å². The first kappa shape index (κ1) is 21.8. The molecule has 0 heterocycles. The number of carbonyl (C=O) groups excluding carboxylic acids is 2. The fourth-order valence-corrected chi connectivity index (χ4v) is 3.66. The summed E-state index contributed by atoms with van der Waals surface area (Å²) < 4.78 is 5.19. The molecule has 0 spiro atoms. The lowest BCUT2D eigenvalue weighted by Gasteiger charge is -2.30. The van der Waals surface area contributed by atoms with E-state index in [9.17, 15) is 9.59 Å². The zero-order valence-corrected chi connectivity index (χ0v) is 17.7. The Morgan fingerprint density at radius 2 is 1.75 bits per heavy atom. The maximum Gasteiger partial charge on any atom is 0.242 e. The average molecular weight is 401 g/mol. The van der Waals surface area contributed by atoms with Gasteiger partial charge in [0.15, 0.2) is 0 Å². The number of aryl methyl sites for hydroxylation is 1. The van der Waals surface area contributed by atoms with Gasteiger partial charge in [-0.3, -0.25) is 9.59 Å². The second-order valence-electron chi connectivity index (χ2n) is 6.51. The van der Waals surface area contributed by atoms with E-state index in [1.807, 2.05) is 62.4 Å². The molecule has 5 nitrogen and oxygen atoms in total. The van der Waals surface area contributed by atoms with Crippen molar-refractivity contribution in [2.24, 2.45) is 0 Å². The SMILES string of the molecule is CCC(C(=O)NC)N(Cc1ccc(OC)cc1)C(=O)CSc1ccc(C)cc1. The molecule has 0 aliphatic carbocycles. The molecule has 150 valence electrons. The minimum atomic E-state index is -0.502. The Bertz CT molecular complexity index is 775. The maximum absolute atomic E-state index is 13.0. The van der Waals surface area contributed by atoms with Gasteiger partial charge in [-0.1, -0.05) is 36.8 Å². The van der Waals surface area contributed by atoms with Crippen molar-refractivity contribution >= 4 is 23.6 Å². The molecule has 1 N–H and O–H groups in total. The number of methoxy groups -OCH3 is 1. The van der Waals surface area contributed by atoms with E-state index in [0.717, 1.165) is 16.2 Å². The van der Waals surface area contributed by atoms with Crippen LogP contribution in [0.4, 0.5) is 0 Å². The molecule has 2 aromatic rings. The third kappa shape index (κ3) is 6.02. The molecular formula is C22H28N2O3S. The van der Waals surface area contributed by atoms with Crippen LogP contribution in [0.15, 0.2) is 53.4 Å². The first-order valence-corrected chi connectivity index (χ1v) is 10.3. The lowest BCUT2D eigenvalue weighted by molar-refractivity contribution is -0.139. The van der Waals surface area contributed by atoms with Gasteiger partial charge in [0.25, 0.3) is 0 Å². The van der Waals surface area contributed by atoms with E-state index in [4.69, 9.17) is 4.74 Å². The number of nitrogens with one attached hydrogen (secondary N) is 1. The van der Waals surface area contributed by atoms with Crippen LogP contribution in [-0.4, -0.2) is 42.7 Å². The fourth-order valence-electron chi connectivity index (χ4n) is 2.88. The number of rotatable bonds is 9. The zero-order valence-electron chi connectivity index (χ0n) is 16.9. The van der Waals surface area contributed by atoms with E-state index in [-0.39, 0.29) is 17.6 Å². The number of amides is 2. The van der Waals surface area contributed by atoms with Crippen molar-refractivity contribution in [3.8, 4) is 5.75 Å². The molecule has 2 rings (SSSR count). The maximum atomic E-state index is 13.0. The molecule has 0 fully saturated rings. The largest absolute Gasteiger partial charge is 0.497 e. The van der Waals surface area contributed by atoms with E-state index >= 15 is 0 Å². The summed E-state index contributed by atoms with van der Waals surface area (Å²) in [5, 5.41) is 2.68. The lowest BCUT2D eigenvalue weighted by atomic mass is 10.1. The summed E-state index contributed by atoms with van der Waals surface area (Å²) in [5.74, 6) is 0.837. The van der Waals surface area contributed by atoms with Crippen LogP contribution in [0.25, 0.3) is 0 Å². The monoisotopic (exact) mass is 400 g/mol. The van der Waals surface area contributed by atoms with Crippen molar-refractivity contribution in [1.82, 2.24) is 10.2 Å². The highest BCUT2D eigenvalue weighted by atomic mass is 32.2. The number of hydrogen-bond acceptors (Lipinski definition) is 4. The van der Waals surface area contributed by atoms with Crippen molar-refractivity contribution in [1.29, 1.82) is 0 Å². The lowest BCUT2D eigenvalue weighted by Crippen LogP contribution is -2.48. The molecule has 0 aromatic heterocycles. The second kappa shape index (κ2) is 10.8. The van der Waals surface area contributed by atoms with Crippen molar-refractivity contribution in [3.63, 3.8) is 0 Å². The average Bonchev–Trinajstić information content (AvgIpc) is 2.73. The molecule has 6 heteroatoms. The standard InChI is InChI=1S/C22H28N2O3S/c1-5-20(22(26)23-3)24(14-17-8-10-18(27-4)11-9-17)21(25)15-28-19-12-6-16(2)7-13-19/h6-13,20H,5,14-15H2,1-4H3,(H,23,26). The molecule has 0 bridgehead atoms. The van der Waals surface area contributed by atoms with Crippen LogP contribution < -0.4 is 10.1 Å². The van der Waals surface area contributed by atoms with Gasteiger partial charge < -0.3 is 15.0 Å². The molecule has 28 heavy (non-hydrogen) atoms. The molecule has 0 saturated heterocycles. The van der Waals surface area contributed by atoms with E-state index in [2.05, 4.69) is 5.32 Å². The van der Waals surface area contributed by atoms with Crippen LogP contribution >= 0.6 is 11.8 Å². The fraction of sp³-hybridized carbons (Fsp3) is 0.364. The summed E-state index contributed by atoms with van der Waals surface area (Å²) in [6.07, 6.45) is 0.552. The van der Waals surface area contributed by atoms with Crippen LogP contribution in [0.5, 0.6) is 5.75 Å². The number of thioether (sulfide) groups is 1. The number of likely N-dealkylation sites (N-methyl/N-ethyl adjacent to an activating group) is 1. The van der Waals surface area contributed by atoms with Gasteiger partial charge in [-0.25, -0.2) is 0 Å². The molecule has 0 aliphatic heterocycles. The van der Waals surface area contributed by atoms with Gasteiger partial charge in [0, 0.05) is 18.5 Å². The van der Waals surface area contributed by atoms with Crippen LogP contribution in [0.3, 0.4) is 0 Å². The summed E-state index contributed by atoms with van der Waals surface area (Å²) in [6.45, 7) is 4.33. The minimum Gasteiger partial charge on any atom is -0.497 e. The van der Waals surface area contributed by atoms with E-state index < -0.39 is 6.04 Å². The highest BCUT2D eigenvalue weighted by Gasteiger charge is 2.27. The summed E-state index contributed by atoms with van der Waals surface area (Å²) >= 11 is 1.49. The van der Waals surface area contributed by atoms with Crippen molar-refractivity contribution in [2.45, 2.75) is 37.8 Å². The predicted molar refractivity (Wildman–Crippen MR) is 114 cm³/mol. The Balaban J connectivity index is 2.16. The van der Waals surface area contributed by atoms with Gasteiger partial charge >= 0.3 is 0 Å². The quantitative estimate of drug-likeness (QED) is 0.653. The van der Waals surface area contributed by atoms with Crippen molar-refractivity contribution in [2.75, 3.05) is 19.9 Å². The molecule has 0 saturated carbocycles. The number of benzene rings is 2. The van der Waals surface area contributed by atoms with Crippen LogP contribution in [0, 0.1) is 6.92 Å². The Kier molecular flexibility index (Phi) is 8.39. The molecular weight excluding hydrogens is 372 g/mol. The summed E-state index contributed by atoms with van der Waals surface area (Å²) in [6, 6.07) is 15.1. The minimum absolute atomic E-state index is 0.0585. The second-order valence-corrected chi connectivity index (χ2v) is 7.56. The summed E-state index contributed by atoms with van der Waals surface area (Å²) in [7, 11) is 3.22. The number of nitrogens with zero attached hydrogens (tertiary/aromatic N) is 1. The van der Waals surface area contributed by atoms with Gasteiger partial charge in [-0.15, -0.1) is 11.8 Å².